The molecule has 1 aliphatic carbocycles. The Morgan fingerprint density at radius 2 is 1.66 bits per heavy atom. The zero-order chi connectivity index (χ0) is 24.3. The molecule has 2 fully saturated rings. The lowest BCUT2D eigenvalue weighted by Gasteiger charge is -2.29. The Labute approximate surface area is 185 Å². The fraction of sp³-hybridized carbons (Fsp3) is 0.579. The van der Waals surface area contributed by atoms with Crippen LogP contribution in [0.4, 0.5) is 35.1 Å². The molecule has 1 aromatic carbocycles. The highest BCUT2D eigenvalue weighted by Gasteiger charge is 2.71. The number of ether oxygens (including phenoxy) is 1. The summed E-state index contributed by atoms with van der Waals surface area (Å²) in [6, 6.07) is 0.217. The van der Waals surface area contributed by atoms with Gasteiger partial charge in [-0.1, -0.05) is 22.0 Å². The van der Waals surface area contributed by atoms with E-state index in [1.54, 1.807) is 0 Å². The van der Waals surface area contributed by atoms with Gasteiger partial charge in [0.25, 0.3) is 5.92 Å². The van der Waals surface area contributed by atoms with Crippen LogP contribution in [0.1, 0.15) is 30.4 Å². The van der Waals surface area contributed by atoms with Crippen LogP contribution >= 0.6 is 15.9 Å². The quantitative estimate of drug-likeness (QED) is 0.387. The molecule has 1 saturated heterocycles. The van der Waals surface area contributed by atoms with Gasteiger partial charge in [0.15, 0.2) is 0 Å². The van der Waals surface area contributed by atoms with Gasteiger partial charge in [-0.05, 0) is 31.4 Å². The van der Waals surface area contributed by atoms with Crippen LogP contribution in [0.25, 0.3) is 0 Å². The molecule has 0 aromatic heterocycles. The molecule has 1 saturated carbocycles. The zero-order valence-electron chi connectivity index (χ0n) is 16.3. The summed E-state index contributed by atoms with van der Waals surface area (Å²) in [4.78, 5) is 25.1. The van der Waals surface area contributed by atoms with Crippen LogP contribution in [0.5, 0.6) is 0 Å². The number of esters is 1. The average Bonchev–Trinajstić information content (AvgIpc) is 3.38. The lowest BCUT2D eigenvalue weighted by molar-refractivity contribution is -0.200. The molecule has 0 radical (unpaired) electrons. The summed E-state index contributed by atoms with van der Waals surface area (Å²) in [6.07, 6.45) is -12.1. The summed E-state index contributed by atoms with van der Waals surface area (Å²) in [5, 5.41) is 0. The first-order chi connectivity index (χ1) is 14.6. The van der Waals surface area contributed by atoms with Crippen molar-refractivity contribution in [3.05, 3.63) is 33.8 Å². The Bertz CT molecular complexity index is 926. The Hall–Kier alpha value is -1.92. The third kappa shape index (κ3) is 4.08. The fourth-order valence-corrected chi connectivity index (χ4v) is 4.32. The number of hydrogen-bond donors (Lipinski definition) is 0. The molecule has 2 aliphatic rings. The Morgan fingerprint density at radius 3 is 2.12 bits per heavy atom. The van der Waals surface area contributed by atoms with E-state index in [-0.39, 0.29) is 4.47 Å². The number of likely N-dealkylation sites (tertiary alicyclic amines) is 1. The molecular formula is C19H16BrF8NO3. The third-order valence-electron chi connectivity index (χ3n) is 5.90. The molecule has 3 rings (SSSR count). The van der Waals surface area contributed by atoms with Crippen LogP contribution in [0.15, 0.2) is 22.7 Å². The molecule has 1 heterocycles. The molecule has 1 aliphatic heterocycles. The number of hydrogen-bond acceptors (Lipinski definition) is 3. The van der Waals surface area contributed by atoms with Gasteiger partial charge in [-0.15, -0.1) is 0 Å². The minimum Gasteiger partial charge on any atom is -0.467 e. The van der Waals surface area contributed by atoms with E-state index < -0.39 is 84.5 Å². The summed E-state index contributed by atoms with van der Waals surface area (Å²) < 4.78 is 115. The Morgan fingerprint density at radius 1 is 1.06 bits per heavy atom. The fourth-order valence-electron chi connectivity index (χ4n) is 3.96. The summed E-state index contributed by atoms with van der Waals surface area (Å²) in [5.41, 5.74) is -5.81. The van der Waals surface area contributed by atoms with Crippen LogP contribution in [-0.2, 0) is 26.4 Å². The van der Waals surface area contributed by atoms with Gasteiger partial charge in [0.1, 0.15) is 11.5 Å². The number of benzene rings is 1. The van der Waals surface area contributed by atoms with Gasteiger partial charge in [0, 0.05) is 22.5 Å². The van der Waals surface area contributed by atoms with Crippen molar-refractivity contribution in [3.63, 3.8) is 0 Å². The van der Waals surface area contributed by atoms with Crippen molar-refractivity contribution in [2.45, 2.75) is 43.6 Å². The van der Waals surface area contributed by atoms with Crippen molar-refractivity contribution >= 4 is 27.8 Å². The van der Waals surface area contributed by atoms with Gasteiger partial charge in [-0.25, -0.2) is 13.6 Å². The molecule has 0 spiro atoms. The topological polar surface area (TPSA) is 46.6 Å². The molecular weight excluding hydrogens is 522 g/mol. The lowest BCUT2D eigenvalue weighted by atomic mass is 9.89. The average molecular weight is 538 g/mol. The highest BCUT2D eigenvalue weighted by Crippen LogP contribution is 2.60. The Balaban J connectivity index is 2.00. The van der Waals surface area contributed by atoms with Crippen LogP contribution < -0.4 is 0 Å². The second-order valence-corrected chi connectivity index (χ2v) is 8.74. The predicted molar refractivity (Wildman–Crippen MR) is 96.4 cm³/mol. The van der Waals surface area contributed by atoms with E-state index in [0.29, 0.717) is 17.0 Å². The van der Waals surface area contributed by atoms with E-state index in [0.717, 1.165) is 13.2 Å². The van der Waals surface area contributed by atoms with Gasteiger partial charge in [0.2, 0.25) is 5.91 Å². The van der Waals surface area contributed by atoms with Gasteiger partial charge in [0.05, 0.1) is 12.7 Å². The van der Waals surface area contributed by atoms with Crippen molar-refractivity contribution in [1.82, 2.24) is 4.90 Å². The molecule has 2 atom stereocenters. The van der Waals surface area contributed by atoms with Crippen molar-refractivity contribution in [1.29, 1.82) is 0 Å². The number of rotatable bonds is 4. The maximum atomic E-state index is 15.3. The van der Waals surface area contributed by atoms with Crippen LogP contribution in [0, 0.1) is 11.3 Å². The summed E-state index contributed by atoms with van der Waals surface area (Å²) in [7, 11) is 0.865. The zero-order valence-corrected chi connectivity index (χ0v) is 17.9. The number of nitrogens with zero attached hydrogens (tertiary/aromatic N) is 1. The van der Waals surface area contributed by atoms with Crippen molar-refractivity contribution < 1.29 is 49.4 Å². The van der Waals surface area contributed by atoms with E-state index in [9.17, 15) is 35.9 Å². The van der Waals surface area contributed by atoms with E-state index >= 15 is 8.78 Å². The summed E-state index contributed by atoms with van der Waals surface area (Å²) in [6.45, 7) is -1.03. The van der Waals surface area contributed by atoms with Gasteiger partial charge in [-0.2, -0.15) is 26.3 Å². The normalized spacial score (nSPS) is 23.2. The number of methoxy groups -OCH3 is 1. The van der Waals surface area contributed by atoms with Gasteiger partial charge >= 0.3 is 18.3 Å². The first kappa shape index (κ1) is 24.7. The van der Waals surface area contributed by atoms with E-state index in [1.807, 2.05) is 0 Å². The molecule has 1 amide bonds. The minimum absolute atomic E-state index is 0.110. The van der Waals surface area contributed by atoms with Crippen LogP contribution in [-0.4, -0.2) is 42.6 Å². The van der Waals surface area contributed by atoms with E-state index in [1.165, 1.54) is 0 Å². The molecule has 4 nitrogen and oxygen atoms in total. The monoisotopic (exact) mass is 537 g/mol. The predicted octanol–water partition coefficient (Wildman–Crippen LogP) is 5.29. The standard InChI is InChI=1S/C19H16BrF8NO3/c1-32-14(30)13-6-9(8-29(13)15(31)16(4-5-16)19(26,27)28)17(21,22)11-3-2-10(20)7-12(11)18(23,24)25/h2-3,7,9,13H,4-6,8H2,1H3/t9-,13+/m1/s1. The van der Waals surface area contributed by atoms with E-state index in [4.69, 9.17) is 0 Å². The maximum absolute atomic E-state index is 15.3. The van der Waals surface area contributed by atoms with Crippen molar-refractivity contribution in [3.8, 4) is 0 Å². The first-order valence-electron chi connectivity index (χ1n) is 9.27. The molecule has 0 bridgehead atoms. The molecule has 0 unspecified atom stereocenters. The van der Waals surface area contributed by atoms with Crippen molar-refractivity contribution in [2.24, 2.45) is 11.3 Å². The van der Waals surface area contributed by atoms with Gasteiger partial charge < -0.3 is 9.64 Å². The highest BCUT2D eigenvalue weighted by molar-refractivity contribution is 9.10. The molecule has 178 valence electrons. The van der Waals surface area contributed by atoms with Gasteiger partial charge in [-0.3, -0.25) is 4.79 Å². The number of amides is 1. The van der Waals surface area contributed by atoms with Crippen LogP contribution in [0.3, 0.4) is 0 Å². The number of carbonyl (C=O) groups is 2. The SMILES string of the molecule is COC(=O)[C@@H]1C[C@@H](C(F)(F)c2ccc(Br)cc2C(F)(F)F)CN1C(=O)C1(C(F)(F)F)CC1. The largest absolute Gasteiger partial charge is 0.467 e. The number of alkyl halides is 8. The Kier molecular flexibility index (Phi) is 6.06. The molecule has 13 heteroatoms. The highest BCUT2D eigenvalue weighted by atomic mass is 79.9. The second kappa shape index (κ2) is 7.84. The smallest absolute Gasteiger partial charge is 0.416 e. The number of halogens is 9. The van der Waals surface area contributed by atoms with Crippen molar-refractivity contribution in [2.75, 3.05) is 13.7 Å². The minimum atomic E-state index is -5.15. The molecule has 32 heavy (non-hydrogen) atoms. The molecule has 1 aromatic rings. The third-order valence-corrected chi connectivity index (χ3v) is 6.39. The summed E-state index contributed by atoms with van der Waals surface area (Å²) >= 11 is 2.79. The van der Waals surface area contributed by atoms with Crippen LogP contribution in [0.2, 0.25) is 0 Å². The number of carbonyl (C=O) groups excluding carboxylic acids is 2. The molecule has 0 N–H and O–H groups in total. The lowest BCUT2D eigenvalue weighted by Crippen LogP contribution is -2.49. The maximum Gasteiger partial charge on any atom is 0.416 e. The first-order valence-corrected chi connectivity index (χ1v) is 10.1. The summed E-state index contributed by atoms with van der Waals surface area (Å²) in [5.74, 6) is -9.02. The van der Waals surface area contributed by atoms with E-state index in [2.05, 4.69) is 20.7 Å². The second-order valence-electron chi connectivity index (χ2n) is 7.82.